The maximum absolute atomic E-state index is 12.5. The molecule has 0 saturated carbocycles. The second-order valence-corrected chi connectivity index (χ2v) is 5.53. The van der Waals surface area contributed by atoms with Crippen molar-refractivity contribution in [2.75, 3.05) is 0 Å². The summed E-state index contributed by atoms with van der Waals surface area (Å²) in [5.74, 6) is -1.19. The van der Waals surface area contributed by atoms with Crippen LogP contribution in [-0.4, -0.2) is 16.4 Å². The molecule has 2 rings (SSSR count). The molecule has 0 atom stereocenters. The molecule has 6 heteroatoms. The highest BCUT2D eigenvalue weighted by Gasteiger charge is 2.16. The molecular weight excluding hydrogens is 306 g/mol. The second kappa shape index (κ2) is 8.10. The quantitative estimate of drug-likeness (QED) is 0.810. The van der Waals surface area contributed by atoms with Gasteiger partial charge in [0.25, 0.3) is 11.5 Å². The summed E-state index contributed by atoms with van der Waals surface area (Å²) in [6.07, 6.45) is 3.07. The van der Waals surface area contributed by atoms with Gasteiger partial charge in [0, 0.05) is 19.3 Å². The van der Waals surface area contributed by atoms with Crippen LogP contribution in [0.3, 0.4) is 0 Å². The van der Waals surface area contributed by atoms with Crippen molar-refractivity contribution in [1.82, 2.24) is 9.88 Å². The molecule has 0 aliphatic heterocycles. The SMILES string of the molecule is CCCCn1cc(C(N)=O)cc(C(=O)NCc2ccccc2)c1=O. The van der Waals surface area contributed by atoms with Crippen LogP contribution in [0.15, 0.2) is 47.4 Å². The van der Waals surface area contributed by atoms with Crippen molar-refractivity contribution in [3.63, 3.8) is 0 Å². The molecular formula is C18H21N3O3. The molecule has 2 aromatic rings. The fraction of sp³-hybridized carbons (Fsp3) is 0.278. The molecule has 0 aliphatic rings. The molecule has 1 heterocycles. The third-order valence-electron chi connectivity index (χ3n) is 3.66. The lowest BCUT2D eigenvalue weighted by molar-refractivity contribution is 0.0948. The van der Waals surface area contributed by atoms with Crippen LogP contribution in [-0.2, 0) is 13.1 Å². The van der Waals surface area contributed by atoms with Gasteiger partial charge in [0.05, 0.1) is 5.56 Å². The zero-order valence-corrected chi connectivity index (χ0v) is 13.6. The Morgan fingerprint density at radius 2 is 1.92 bits per heavy atom. The Balaban J connectivity index is 2.26. The number of primary amides is 1. The second-order valence-electron chi connectivity index (χ2n) is 5.53. The molecule has 0 bridgehead atoms. The summed E-state index contributed by atoms with van der Waals surface area (Å²) in [5, 5.41) is 2.70. The maximum Gasteiger partial charge on any atom is 0.263 e. The lowest BCUT2D eigenvalue weighted by atomic mass is 10.1. The first-order chi connectivity index (χ1) is 11.5. The number of aromatic nitrogens is 1. The molecule has 126 valence electrons. The summed E-state index contributed by atoms with van der Waals surface area (Å²) >= 11 is 0. The number of nitrogens with zero attached hydrogens (tertiary/aromatic N) is 1. The maximum atomic E-state index is 12.5. The van der Waals surface area contributed by atoms with Crippen LogP contribution < -0.4 is 16.6 Å². The normalized spacial score (nSPS) is 10.4. The van der Waals surface area contributed by atoms with Gasteiger partial charge in [-0.15, -0.1) is 0 Å². The van der Waals surface area contributed by atoms with Crippen molar-refractivity contribution >= 4 is 11.8 Å². The monoisotopic (exact) mass is 327 g/mol. The zero-order chi connectivity index (χ0) is 17.5. The van der Waals surface area contributed by atoms with Crippen LogP contribution in [0.4, 0.5) is 0 Å². The summed E-state index contributed by atoms with van der Waals surface area (Å²) in [5.41, 5.74) is 5.89. The first-order valence-electron chi connectivity index (χ1n) is 7.89. The number of nitrogens with two attached hydrogens (primary N) is 1. The van der Waals surface area contributed by atoms with Gasteiger partial charge in [0.2, 0.25) is 5.91 Å². The Bertz CT molecular complexity index is 782. The molecule has 0 saturated heterocycles. The molecule has 0 fully saturated rings. The fourth-order valence-electron chi connectivity index (χ4n) is 2.30. The summed E-state index contributed by atoms with van der Waals surface area (Å²) in [6.45, 7) is 2.74. The molecule has 0 aliphatic carbocycles. The van der Waals surface area contributed by atoms with E-state index in [4.69, 9.17) is 5.73 Å². The van der Waals surface area contributed by atoms with E-state index in [-0.39, 0.29) is 11.1 Å². The van der Waals surface area contributed by atoms with Crippen molar-refractivity contribution in [2.45, 2.75) is 32.9 Å². The number of hydrogen-bond donors (Lipinski definition) is 2. The lowest BCUT2D eigenvalue weighted by Gasteiger charge is -2.10. The number of carbonyl (C=O) groups excluding carboxylic acids is 2. The van der Waals surface area contributed by atoms with E-state index >= 15 is 0 Å². The smallest absolute Gasteiger partial charge is 0.263 e. The summed E-state index contributed by atoms with van der Waals surface area (Å²) in [6, 6.07) is 10.6. The Morgan fingerprint density at radius 3 is 2.54 bits per heavy atom. The Labute approximate surface area is 140 Å². The van der Waals surface area contributed by atoms with Crippen LogP contribution in [0.1, 0.15) is 46.0 Å². The molecule has 6 nitrogen and oxygen atoms in total. The van der Waals surface area contributed by atoms with Crippen LogP contribution in [0.2, 0.25) is 0 Å². The lowest BCUT2D eigenvalue weighted by Crippen LogP contribution is -2.34. The number of nitrogens with one attached hydrogen (secondary N) is 1. The topological polar surface area (TPSA) is 94.2 Å². The third kappa shape index (κ3) is 4.32. The van der Waals surface area contributed by atoms with Crippen LogP contribution in [0.25, 0.3) is 0 Å². The first kappa shape index (κ1) is 17.5. The Morgan fingerprint density at radius 1 is 1.21 bits per heavy atom. The molecule has 3 N–H and O–H groups in total. The van der Waals surface area contributed by atoms with Crippen LogP contribution in [0, 0.1) is 0 Å². The van der Waals surface area contributed by atoms with E-state index in [2.05, 4.69) is 5.32 Å². The third-order valence-corrected chi connectivity index (χ3v) is 3.66. The van der Waals surface area contributed by atoms with Crippen molar-refractivity contribution in [3.8, 4) is 0 Å². The Kier molecular flexibility index (Phi) is 5.89. The number of benzene rings is 1. The molecule has 0 unspecified atom stereocenters. The minimum atomic E-state index is -0.669. The average molecular weight is 327 g/mol. The van der Waals surface area contributed by atoms with E-state index in [1.807, 2.05) is 37.3 Å². The van der Waals surface area contributed by atoms with Gasteiger partial charge in [-0.3, -0.25) is 14.4 Å². The summed E-state index contributed by atoms with van der Waals surface area (Å²) in [7, 11) is 0. The number of pyridine rings is 1. The van der Waals surface area contributed by atoms with E-state index in [0.29, 0.717) is 13.1 Å². The van der Waals surface area contributed by atoms with Crippen molar-refractivity contribution in [1.29, 1.82) is 0 Å². The molecule has 0 spiro atoms. The van der Waals surface area contributed by atoms with E-state index in [1.54, 1.807) is 0 Å². The number of carbonyl (C=O) groups is 2. The van der Waals surface area contributed by atoms with E-state index in [1.165, 1.54) is 16.8 Å². The highest BCUT2D eigenvalue weighted by molar-refractivity contribution is 5.98. The van der Waals surface area contributed by atoms with E-state index < -0.39 is 17.4 Å². The standard InChI is InChI=1S/C18H21N3O3/c1-2-3-9-21-12-14(16(19)22)10-15(18(21)24)17(23)20-11-13-7-5-4-6-8-13/h4-8,10,12H,2-3,9,11H2,1H3,(H2,19,22)(H,20,23). The molecule has 0 radical (unpaired) electrons. The minimum Gasteiger partial charge on any atom is -0.366 e. The van der Waals surface area contributed by atoms with Crippen molar-refractivity contribution < 1.29 is 9.59 Å². The van der Waals surface area contributed by atoms with Gasteiger partial charge < -0.3 is 15.6 Å². The minimum absolute atomic E-state index is 0.0710. The van der Waals surface area contributed by atoms with Crippen LogP contribution >= 0.6 is 0 Å². The van der Waals surface area contributed by atoms with Gasteiger partial charge in [0.1, 0.15) is 5.56 Å². The highest BCUT2D eigenvalue weighted by atomic mass is 16.2. The molecule has 1 aromatic carbocycles. The number of rotatable bonds is 7. The van der Waals surface area contributed by atoms with Gasteiger partial charge in [-0.25, -0.2) is 0 Å². The van der Waals surface area contributed by atoms with E-state index in [0.717, 1.165) is 18.4 Å². The number of aryl methyl sites for hydroxylation is 1. The van der Waals surface area contributed by atoms with Gasteiger partial charge in [-0.2, -0.15) is 0 Å². The number of unbranched alkanes of at least 4 members (excludes halogenated alkanes) is 1. The van der Waals surface area contributed by atoms with E-state index in [9.17, 15) is 14.4 Å². The molecule has 1 aromatic heterocycles. The number of hydrogen-bond acceptors (Lipinski definition) is 3. The van der Waals surface area contributed by atoms with Crippen molar-refractivity contribution in [2.24, 2.45) is 5.73 Å². The predicted molar refractivity (Wildman–Crippen MR) is 91.7 cm³/mol. The summed E-state index contributed by atoms with van der Waals surface area (Å²) < 4.78 is 1.38. The van der Waals surface area contributed by atoms with Gasteiger partial charge in [0.15, 0.2) is 0 Å². The van der Waals surface area contributed by atoms with Gasteiger partial charge in [-0.05, 0) is 18.1 Å². The average Bonchev–Trinajstić information content (AvgIpc) is 2.59. The highest BCUT2D eigenvalue weighted by Crippen LogP contribution is 2.04. The van der Waals surface area contributed by atoms with Gasteiger partial charge in [-0.1, -0.05) is 43.7 Å². The predicted octanol–water partition coefficient (Wildman–Crippen LogP) is 1.68. The summed E-state index contributed by atoms with van der Waals surface area (Å²) in [4.78, 5) is 36.3. The first-order valence-corrected chi connectivity index (χ1v) is 7.89. The number of amides is 2. The largest absolute Gasteiger partial charge is 0.366 e. The fourth-order valence-corrected chi connectivity index (χ4v) is 2.30. The van der Waals surface area contributed by atoms with Crippen LogP contribution in [0.5, 0.6) is 0 Å². The molecule has 2 amide bonds. The zero-order valence-electron chi connectivity index (χ0n) is 13.6. The van der Waals surface area contributed by atoms with Gasteiger partial charge >= 0.3 is 0 Å². The Hall–Kier alpha value is -2.89. The van der Waals surface area contributed by atoms with Crippen molar-refractivity contribution in [3.05, 3.63) is 69.6 Å². The molecule has 24 heavy (non-hydrogen) atoms.